The molecule has 0 spiro atoms. The second-order valence-corrected chi connectivity index (χ2v) is 10.2. The van der Waals surface area contributed by atoms with E-state index in [1.807, 2.05) is 30.3 Å². The third kappa shape index (κ3) is 4.87. The first-order chi connectivity index (χ1) is 16.9. The SMILES string of the molecule is CS(=O)(=O)c1cccc(-c2ccc3c(n2)N(C(=O)Nc2cccc(-c4cnco4)c2)CCCN3)c1. The Bertz CT molecular complexity index is 1490. The van der Waals surface area contributed by atoms with Crippen LogP contribution in [0.25, 0.3) is 22.6 Å². The number of pyridine rings is 1. The molecule has 0 unspecified atom stereocenters. The highest BCUT2D eigenvalue weighted by Gasteiger charge is 2.24. The molecule has 2 amide bonds. The van der Waals surface area contributed by atoms with Crippen LogP contribution in [0.2, 0.25) is 0 Å². The zero-order chi connectivity index (χ0) is 24.4. The van der Waals surface area contributed by atoms with Gasteiger partial charge in [-0.25, -0.2) is 23.2 Å². The Kier molecular flexibility index (Phi) is 5.96. The van der Waals surface area contributed by atoms with Crippen molar-refractivity contribution in [2.24, 2.45) is 0 Å². The van der Waals surface area contributed by atoms with Gasteiger partial charge in [0.1, 0.15) is 0 Å². The molecule has 9 nitrogen and oxygen atoms in total. The van der Waals surface area contributed by atoms with Gasteiger partial charge in [-0.05, 0) is 42.8 Å². The second kappa shape index (κ2) is 9.22. The van der Waals surface area contributed by atoms with Crippen LogP contribution in [0.5, 0.6) is 0 Å². The molecule has 1 aliphatic rings. The third-order valence-corrected chi connectivity index (χ3v) is 6.75. The van der Waals surface area contributed by atoms with E-state index in [1.54, 1.807) is 41.4 Å². The molecule has 2 N–H and O–H groups in total. The molecule has 0 radical (unpaired) electrons. The first kappa shape index (κ1) is 22.6. The van der Waals surface area contributed by atoms with Crippen molar-refractivity contribution < 1.29 is 17.6 Å². The van der Waals surface area contributed by atoms with E-state index in [0.717, 1.165) is 17.7 Å². The van der Waals surface area contributed by atoms with Crippen LogP contribution in [0.15, 0.2) is 82.6 Å². The van der Waals surface area contributed by atoms with E-state index in [0.29, 0.717) is 41.6 Å². The molecule has 0 saturated heterocycles. The summed E-state index contributed by atoms with van der Waals surface area (Å²) in [6.45, 7) is 1.16. The summed E-state index contributed by atoms with van der Waals surface area (Å²) < 4.78 is 29.4. The van der Waals surface area contributed by atoms with Crippen LogP contribution in [0, 0.1) is 0 Å². The molecule has 0 aliphatic carbocycles. The molecule has 0 saturated carbocycles. The highest BCUT2D eigenvalue weighted by molar-refractivity contribution is 7.90. The Hall–Kier alpha value is -4.18. The van der Waals surface area contributed by atoms with Crippen LogP contribution in [-0.4, -0.2) is 43.8 Å². The number of hydrogen-bond acceptors (Lipinski definition) is 7. The van der Waals surface area contributed by atoms with E-state index in [9.17, 15) is 13.2 Å². The number of oxazole rings is 1. The number of carbonyl (C=O) groups is 1. The molecular formula is C25H23N5O4S. The summed E-state index contributed by atoms with van der Waals surface area (Å²) in [5.74, 6) is 1.08. The molecule has 178 valence electrons. The molecule has 2 aromatic carbocycles. The highest BCUT2D eigenvalue weighted by Crippen LogP contribution is 2.31. The van der Waals surface area contributed by atoms with Gasteiger partial charge >= 0.3 is 6.03 Å². The van der Waals surface area contributed by atoms with Gasteiger partial charge in [0.2, 0.25) is 0 Å². The molecule has 0 bridgehead atoms. The molecule has 1 aliphatic heterocycles. The van der Waals surface area contributed by atoms with Crippen LogP contribution in [0.3, 0.4) is 0 Å². The van der Waals surface area contributed by atoms with Gasteiger partial charge in [-0.2, -0.15) is 0 Å². The Morgan fingerprint density at radius 1 is 1.09 bits per heavy atom. The average molecular weight is 490 g/mol. The summed E-state index contributed by atoms with van der Waals surface area (Å²) >= 11 is 0. The van der Waals surface area contributed by atoms with Gasteiger partial charge < -0.3 is 15.1 Å². The number of aromatic nitrogens is 2. The maximum atomic E-state index is 13.3. The summed E-state index contributed by atoms with van der Waals surface area (Å²) in [5, 5.41) is 6.27. The van der Waals surface area contributed by atoms with Crippen molar-refractivity contribution in [1.29, 1.82) is 0 Å². The van der Waals surface area contributed by atoms with E-state index < -0.39 is 9.84 Å². The van der Waals surface area contributed by atoms with Crippen molar-refractivity contribution in [2.75, 3.05) is 34.9 Å². The first-order valence-electron chi connectivity index (χ1n) is 11.0. The fraction of sp³-hybridized carbons (Fsp3) is 0.160. The van der Waals surface area contributed by atoms with Crippen LogP contribution in [0.4, 0.5) is 22.0 Å². The lowest BCUT2D eigenvalue weighted by Gasteiger charge is -2.22. The minimum Gasteiger partial charge on any atom is -0.444 e. The minimum absolute atomic E-state index is 0.214. The van der Waals surface area contributed by atoms with E-state index in [-0.39, 0.29) is 10.9 Å². The number of hydrogen-bond donors (Lipinski definition) is 2. The van der Waals surface area contributed by atoms with E-state index in [4.69, 9.17) is 9.40 Å². The van der Waals surface area contributed by atoms with Crippen molar-refractivity contribution in [3.63, 3.8) is 0 Å². The van der Waals surface area contributed by atoms with Gasteiger partial charge in [-0.15, -0.1) is 0 Å². The number of fused-ring (bicyclic) bond motifs is 1. The standard InChI is InChI=1S/C25H23N5O4S/c1-35(32,33)20-8-3-5-17(14-20)21-9-10-22-24(29-21)30(12-4-11-27-22)25(31)28-19-7-2-6-18(13-19)23-15-26-16-34-23/h2-3,5-10,13-16,27H,4,11-12H2,1H3,(H,28,31). The summed E-state index contributed by atoms with van der Waals surface area (Å²) in [5.41, 5.74) is 3.36. The fourth-order valence-electron chi connectivity index (χ4n) is 3.90. The van der Waals surface area contributed by atoms with Gasteiger partial charge in [0.25, 0.3) is 0 Å². The Balaban J connectivity index is 1.46. The van der Waals surface area contributed by atoms with Crippen LogP contribution in [-0.2, 0) is 9.84 Å². The largest absolute Gasteiger partial charge is 0.444 e. The first-order valence-corrected chi connectivity index (χ1v) is 12.9. The summed E-state index contributed by atoms with van der Waals surface area (Å²) in [6.07, 6.45) is 4.88. The number of urea groups is 1. The van der Waals surface area contributed by atoms with Crippen LogP contribution in [0.1, 0.15) is 6.42 Å². The number of benzene rings is 2. The molecule has 5 rings (SSSR count). The lowest BCUT2D eigenvalue weighted by Crippen LogP contribution is -2.36. The van der Waals surface area contributed by atoms with Gasteiger partial charge in [0.15, 0.2) is 27.8 Å². The topological polar surface area (TPSA) is 117 Å². The number of nitrogens with zero attached hydrogens (tertiary/aromatic N) is 3. The summed E-state index contributed by atoms with van der Waals surface area (Å²) in [6, 6.07) is 17.3. The van der Waals surface area contributed by atoms with Crippen molar-refractivity contribution in [2.45, 2.75) is 11.3 Å². The van der Waals surface area contributed by atoms with Crippen LogP contribution < -0.4 is 15.5 Å². The molecule has 2 aromatic heterocycles. The van der Waals surface area contributed by atoms with E-state index >= 15 is 0 Å². The average Bonchev–Trinajstić information content (AvgIpc) is 3.31. The number of anilines is 3. The number of sulfone groups is 1. The van der Waals surface area contributed by atoms with Crippen LogP contribution >= 0.6 is 0 Å². The van der Waals surface area contributed by atoms with Crippen molar-refractivity contribution >= 4 is 33.1 Å². The zero-order valence-electron chi connectivity index (χ0n) is 18.9. The fourth-order valence-corrected chi connectivity index (χ4v) is 4.57. The summed E-state index contributed by atoms with van der Waals surface area (Å²) in [4.78, 5) is 23.9. The Labute approximate surface area is 202 Å². The lowest BCUT2D eigenvalue weighted by molar-refractivity contribution is 0.257. The minimum atomic E-state index is -3.36. The number of amides is 2. The number of nitrogens with one attached hydrogen (secondary N) is 2. The Morgan fingerprint density at radius 3 is 2.71 bits per heavy atom. The van der Waals surface area contributed by atoms with Gasteiger partial charge in [0.05, 0.1) is 22.5 Å². The number of rotatable bonds is 4. The summed E-state index contributed by atoms with van der Waals surface area (Å²) in [7, 11) is -3.36. The monoisotopic (exact) mass is 489 g/mol. The van der Waals surface area contributed by atoms with Gasteiger partial charge in [0, 0.05) is 36.2 Å². The normalized spacial score (nSPS) is 13.5. The van der Waals surface area contributed by atoms with Crippen molar-refractivity contribution in [3.8, 4) is 22.6 Å². The molecule has 0 fully saturated rings. The molecule has 10 heteroatoms. The zero-order valence-corrected chi connectivity index (χ0v) is 19.7. The van der Waals surface area contributed by atoms with Crippen molar-refractivity contribution in [1.82, 2.24) is 9.97 Å². The highest BCUT2D eigenvalue weighted by atomic mass is 32.2. The second-order valence-electron chi connectivity index (χ2n) is 8.18. The smallest absolute Gasteiger partial charge is 0.327 e. The van der Waals surface area contributed by atoms with E-state index in [1.165, 1.54) is 12.6 Å². The number of carbonyl (C=O) groups excluding carboxylic acids is 1. The molecule has 35 heavy (non-hydrogen) atoms. The van der Waals surface area contributed by atoms with E-state index in [2.05, 4.69) is 15.6 Å². The van der Waals surface area contributed by atoms with Crippen molar-refractivity contribution in [3.05, 3.63) is 73.3 Å². The third-order valence-electron chi connectivity index (χ3n) is 5.64. The molecule has 0 atom stereocenters. The molecule has 4 aromatic rings. The predicted octanol–water partition coefficient (Wildman–Crippen LogP) is 4.66. The molecular weight excluding hydrogens is 466 g/mol. The molecule has 3 heterocycles. The maximum absolute atomic E-state index is 13.3. The lowest BCUT2D eigenvalue weighted by atomic mass is 10.1. The maximum Gasteiger partial charge on any atom is 0.327 e. The van der Waals surface area contributed by atoms with Gasteiger partial charge in [-0.1, -0.05) is 24.3 Å². The van der Waals surface area contributed by atoms with Gasteiger partial charge in [-0.3, -0.25) is 4.90 Å². The predicted molar refractivity (Wildman–Crippen MR) is 134 cm³/mol. The quantitative estimate of drug-likeness (QED) is 0.428. The Morgan fingerprint density at radius 2 is 1.91 bits per heavy atom.